The summed E-state index contributed by atoms with van der Waals surface area (Å²) < 4.78 is 5.21. The Morgan fingerprint density at radius 2 is 1.86 bits per heavy atom. The van der Waals surface area contributed by atoms with E-state index in [1.54, 1.807) is 42.5 Å². The molecule has 108 valence electrons. The second-order valence-corrected chi connectivity index (χ2v) is 4.73. The van der Waals surface area contributed by atoms with Crippen molar-refractivity contribution in [1.29, 1.82) is 0 Å². The Bertz CT molecular complexity index is 675. The van der Waals surface area contributed by atoms with Crippen molar-refractivity contribution in [1.82, 2.24) is 0 Å². The minimum atomic E-state index is -0.554. The van der Waals surface area contributed by atoms with Crippen LogP contribution in [0.1, 0.15) is 31.8 Å². The predicted octanol–water partition coefficient (Wildman–Crippen LogP) is 2.03. The number of nitrogen functional groups attached to an aromatic ring is 1. The fraction of sp³-hybridized carbons (Fsp3) is 0.125. The second-order valence-electron chi connectivity index (χ2n) is 4.73. The number of carbonyl (C=O) groups excluding carboxylic acids is 2. The van der Waals surface area contributed by atoms with Crippen molar-refractivity contribution in [3.8, 4) is 0 Å². The van der Waals surface area contributed by atoms with Crippen LogP contribution in [-0.4, -0.2) is 11.9 Å². The second kappa shape index (κ2) is 6.09. The van der Waals surface area contributed by atoms with Crippen LogP contribution in [0.5, 0.6) is 0 Å². The molecule has 0 atom stereocenters. The summed E-state index contributed by atoms with van der Waals surface area (Å²) in [6, 6.07) is 11.7. The van der Waals surface area contributed by atoms with Gasteiger partial charge in [0.15, 0.2) is 0 Å². The first kappa shape index (κ1) is 14.6. The summed E-state index contributed by atoms with van der Waals surface area (Å²) in [7, 11) is 0. The van der Waals surface area contributed by atoms with Gasteiger partial charge in [-0.25, -0.2) is 4.79 Å². The largest absolute Gasteiger partial charge is 0.457 e. The molecule has 0 saturated carbocycles. The molecule has 0 spiro atoms. The van der Waals surface area contributed by atoms with Gasteiger partial charge in [-0.05, 0) is 36.8 Å². The minimum absolute atomic E-state index is 0.0220. The number of primary amides is 1. The van der Waals surface area contributed by atoms with Crippen LogP contribution in [0.2, 0.25) is 0 Å². The first-order valence-electron chi connectivity index (χ1n) is 6.39. The summed E-state index contributed by atoms with van der Waals surface area (Å²) in [5, 5.41) is 0. The zero-order valence-corrected chi connectivity index (χ0v) is 11.6. The Hall–Kier alpha value is -2.82. The van der Waals surface area contributed by atoms with Crippen LogP contribution in [-0.2, 0) is 11.3 Å². The summed E-state index contributed by atoms with van der Waals surface area (Å²) in [5.41, 5.74) is 13.6. The van der Waals surface area contributed by atoms with E-state index in [1.807, 2.05) is 6.92 Å². The lowest BCUT2D eigenvalue weighted by molar-refractivity contribution is 0.0470. The number of esters is 1. The zero-order valence-electron chi connectivity index (χ0n) is 11.6. The molecule has 2 aromatic rings. The topological polar surface area (TPSA) is 95.4 Å². The highest BCUT2D eigenvalue weighted by atomic mass is 16.5. The summed E-state index contributed by atoms with van der Waals surface area (Å²) in [4.78, 5) is 23.3. The maximum atomic E-state index is 12.0. The third-order valence-corrected chi connectivity index (χ3v) is 2.98. The Kier molecular flexibility index (Phi) is 4.23. The maximum absolute atomic E-state index is 12.0. The molecule has 0 bridgehead atoms. The lowest BCUT2D eigenvalue weighted by Crippen LogP contribution is -2.15. The molecular formula is C16H16N2O3. The van der Waals surface area contributed by atoms with Gasteiger partial charge in [0, 0.05) is 16.8 Å². The van der Waals surface area contributed by atoms with Crippen LogP contribution in [0, 0.1) is 6.92 Å². The normalized spacial score (nSPS) is 10.1. The van der Waals surface area contributed by atoms with Crippen molar-refractivity contribution in [2.24, 2.45) is 5.73 Å². The predicted molar refractivity (Wildman–Crippen MR) is 79.7 cm³/mol. The van der Waals surface area contributed by atoms with Crippen LogP contribution >= 0.6 is 0 Å². The number of hydrogen-bond acceptors (Lipinski definition) is 4. The molecule has 0 radical (unpaired) electrons. The molecule has 2 rings (SSSR count). The van der Waals surface area contributed by atoms with Crippen molar-refractivity contribution < 1.29 is 14.3 Å². The van der Waals surface area contributed by atoms with Gasteiger partial charge in [0.05, 0.1) is 5.56 Å². The Labute approximate surface area is 122 Å². The highest BCUT2D eigenvalue weighted by Gasteiger charge is 2.12. The molecule has 4 N–H and O–H groups in total. The molecule has 0 fully saturated rings. The summed E-state index contributed by atoms with van der Waals surface area (Å²) in [6.45, 7) is 1.82. The Balaban J connectivity index is 2.13. The minimum Gasteiger partial charge on any atom is -0.457 e. The Morgan fingerprint density at radius 1 is 1.14 bits per heavy atom. The number of nitrogens with two attached hydrogens (primary N) is 2. The number of rotatable bonds is 4. The van der Waals surface area contributed by atoms with Gasteiger partial charge in [-0.2, -0.15) is 0 Å². The molecule has 2 aromatic carbocycles. The number of carbonyl (C=O) groups is 2. The summed E-state index contributed by atoms with van der Waals surface area (Å²) in [6.07, 6.45) is 0. The number of amides is 1. The van der Waals surface area contributed by atoms with Gasteiger partial charge in [0.25, 0.3) is 0 Å². The number of benzene rings is 2. The first-order valence-corrected chi connectivity index (χ1v) is 6.39. The number of ether oxygens (including phenoxy) is 1. The smallest absolute Gasteiger partial charge is 0.338 e. The molecule has 5 heteroatoms. The van der Waals surface area contributed by atoms with Gasteiger partial charge in [0.1, 0.15) is 6.61 Å². The highest BCUT2D eigenvalue weighted by molar-refractivity contribution is 5.94. The SMILES string of the molecule is Cc1cc(N)cc(C(=O)OCc2ccccc2C(N)=O)c1. The van der Waals surface area contributed by atoms with Crippen LogP contribution < -0.4 is 11.5 Å². The lowest BCUT2D eigenvalue weighted by atomic mass is 10.1. The average molecular weight is 284 g/mol. The van der Waals surface area contributed by atoms with E-state index in [2.05, 4.69) is 0 Å². The molecule has 0 heterocycles. The van der Waals surface area contributed by atoms with Crippen LogP contribution in [0.15, 0.2) is 42.5 Å². The fourth-order valence-electron chi connectivity index (χ4n) is 2.04. The standard InChI is InChI=1S/C16H16N2O3/c1-10-6-12(8-13(17)7-10)16(20)21-9-11-4-2-3-5-14(11)15(18)19/h2-8H,9,17H2,1H3,(H2,18,19). The molecule has 1 amide bonds. The van der Waals surface area contributed by atoms with E-state index in [0.29, 0.717) is 22.4 Å². The molecule has 0 aromatic heterocycles. The van der Waals surface area contributed by atoms with Crippen LogP contribution in [0.25, 0.3) is 0 Å². The third kappa shape index (κ3) is 3.60. The van der Waals surface area contributed by atoms with Gasteiger partial charge in [0.2, 0.25) is 5.91 Å². The first-order chi connectivity index (χ1) is 9.97. The van der Waals surface area contributed by atoms with Crippen molar-refractivity contribution in [3.05, 3.63) is 64.7 Å². The van der Waals surface area contributed by atoms with E-state index in [4.69, 9.17) is 16.2 Å². The van der Waals surface area contributed by atoms with Crippen LogP contribution in [0.4, 0.5) is 5.69 Å². The Morgan fingerprint density at radius 3 is 2.52 bits per heavy atom. The molecule has 0 aliphatic heterocycles. The number of hydrogen-bond donors (Lipinski definition) is 2. The van der Waals surface area contributed by atoms with E-state index in [9.17, 15) is 9.59 Å². The molecule has 5 nitrogen and oxygen atoms in total. The highest BCUT2D eigenvalue weighted by Crippen LogP contribution is 2.14. The van der Waals surface area contributed by atoms with Crippen molar-refractivity contribution >= 4 is 17.6 Å². The summed E-state index contributed by atoms with van der Waals surface area (Å²) in [5.74, 6) is -1.05. The van der Waals surface area contributed by atoms with E-state index in [-0.39, 0.29) is 6.61 Å². The number of anilines is 1. The van der Waals surface area contributed by atoms with Gasteiger partial charge >= 0.3 is 5.97 Å². The molecule has 21 heavy (non-hydrogen) atoms. The summed E-state index contributed by atoms with van der Waals surface area (Å²) >= 11 is 0. The third-order valence-electron chi connectivity index (χ3n) is 2.98. The van der Waals surface area contributed by atoms with Gasteiger partial charge in [-0.15, -0.1) is 0 Å². The fourth-order valence-corrected chi connectivity index (χ4v) is 2.04. The van der Waals surface area contributed by atoms with Gasteiger partial charge in [-0.1, -0.05) is 18.2 Å². The quantitative estimate of drug-likeness (QED) is 0.663. The van der Waals surface area contributed by atoms with Gasteiger partial charge < -0.3 is 16.2 Å². The molecule has 0 unspecified atom stereocenters. The van der Waals surface area contributed by atoms with Crippen molar-refractivity contribution in [2.75, 3.05) is 5.73 Å². The van der Waals surface area contributed by atoms with Crippen molar-refractivity contribution in [2.45, 2.75) is 13.5 Å². The van der Waals surface area contributed by atoms with Crippen molar-refractivity contribution in [3.63, 3.8) is 0 Å². The molecule has 0 saturated heterocycles. The van der Waals surface area contributed by atoms with E-state index < -0.39 is 11.9 Å². The van der Waals surface area contributed by atoms with E-state index in [1.165, 1.54) is 0 Å². The lowest BCUT2D eigenvalue weighted by Gasteiger charge is -2.09. The maximum Gasteiger partial charge on any atom is 0.338 e. The van der Waals surface area contributed by atoms with E-state index in [0.717, 1.165) is 5.56 Å². The molecular weight excluding hydrogens is 268 g/mol. The zero-order chi connectivity index (χ0) is 15.4. The monoisotopic (exact) mass is 284 g/mol. The van der Waals surface area contributed by atoms with Gasteiger partial charge in [-0.3, -0.25) is 4.79 Å². The molecule has 0 aliphatic rings. The average Bonchev–Trinajstić information content (AvgIpc) is 2.43. The van der Waals surface area contributed by atoms with Crippen LogP contribution in [0.3, 0.4) is 0 Å². The number of aryl methyl sites for hydroxylation is 1. The van der Waals surface area contributed by atoms with E-state index >= 15 is 0 Å². The molecule has 0 aliphatic carbocycles.